The van der Waals surface area contributed by atoms with E-state index in [0.717, 1.165) is 21.7 Å². The van der Waals surface area contributed by atoms with Gasteiger partial charge in [-0.3, -0.25) is 0 Å². The van der Waals surface area contributed by atoms with Crippen molar-refractivity contribution < 1.29 is 4.74 Å². The van der Waals surface area contributed by atoms with Gasteiger partial charge in [0.2, 0.25) is 0 Å². The summed E-state index contributed by atoms with van der Waals surface area (Å²) >= 11 is 3.50. The van der Waals surface area contributed by atoms with Crippen LogP contribution in [-0.4, -0.2) is 33.7 Å². The Morgan fingerprint density at radius 3 is 2.75 bits per heavy atom. The Labute approximate surface area is 126 Å². The molecule has 2 aromatic heterocycles. The molecule has 0 spiro atoms. The van der Waals surface area contributed by atoms with Crippen molar-refractivity contribution in [3.63, 3.8) is 0 Å². The highest BCUT2D eigenvalue weighted by Gasteiger charge is 2.16. The largest absolute Gasteiger partial charge is 0.378 e. The molecule has 0 atom stereocenters. The van der Waals surface area contributed by atoms with Gasteiger partial charge in [-0.15, -0.1) is 0 Å². The molecular weight excluding hydrogens is 322 g/mol. The predicted molar refractivity (Wildman–Crippen MR) is 81.6 cm³/mol. The van der Waals surface area contributed by atoms with E-state index in [1.807, 2.05) is 11.6 Å². The monoisotopic (exact) mass is 339 g/mol. The lowest BCUT2D eigenvalue weighted by Gasteiger charge is -2.14. The second-order valence-electron chi connectivity index (χ2n) is 4.62. The van der Waals surface area contributed by atoms with Crippen molar-refractivity contribution >= 4 is 21.7 Å². The first-order valence-corrected chi connectivity index (χ1v) is 7.13. The Balaban J connectivity index is 2.56. The molecule has 0 bridgehead atoms. The number of methoxy groups -OCH3 is 1. The topological polar surface area (TPSA) is 64.9 Å². The fraction of sp³-hybridized carbons (Fsp3) is 0.462. The molecule has 0 saturated carbocycles. The van der Waals surface area contributed by atoms with E-state index in [4.69, 9.17) is 4.74 Å². The molecule has 2 aromatic rings. The summed E-state index contributed by atoms with van der Waals surface area (Å²) < 4.78 is 8.05. The lowest BCUT2D eigenvalue weighted by molar-refractivity contribution is 0.181. The van der Waals surface area contributed by atoms with Crippen molar-refractivity contribution in [1.82, 2.24) is 19.5 Å². The Morgan fingerprint density at radius 2 is 2.15 bits per heavy atom. The van der Waals surface area contributed by atoms with Crippen LogP contribution in [0.25, 0.3) is 11.5 Å². The number of ether oxygens (including phenoxy) is 1. The molecule has 0 aliphatic carbocycles. The summed E-state index contributed by atoms with van der Waals surface area (Å²) in [5.74, 6) is 1.37. The number of nitrogens with zero attached hydrogens (tertiary/aromatic N) is 4. The van der Waals surface area contributed by atoms with E-state index >= 15 is 0 Å². The fourth-order valence-corrected chi connectivity index (χ4v) is 2.39. The molecule has 0 fully saturated rings. The van der Waals surface area contributed by atoms with Crippen molar-refractivity contribution in [3.05, 3.63) is 22.7 Å². The zero-order chi connectivity index (χ0) is 14.7. The molecule has 0 amide bonds. The van der Waals surface area contributed by atoms with Crippen molar-refractivity contribution in [2.75, 3.05) is 19.5 Å². The van der Waals surface area contributed by atoms with E-state index in [0.29, 0.717) is 18.5 Å². The minimum atomic E-state index is 0.295. The summed E-state index contributed by atoms with van der Waals surface area (Å²) in [5, 5.41) is 3.06. The molecule has 2 heterocycles. The third-order valence-electron chi connectivity index (χ3n) is 2.89. The van der Waals surface area contributed by atoms with Crippen molar-refractivity contribution in [3.8, 4) is 11.5 Å². The molecule has 20 heavy (non-hydrogen) atoms. The van der Waals surface area contributed by atoms with Gasteiger partial charge < -0.3 is 14.6 Å². The van der Waals surface area contributed by atoms with Gasteiger partial charge in [-0.1, -0.05) is 0 Å². The lowest BCUT2D eigenvalue weighted by atomic mass is 10.3. The first kappa shape index (κ1) is 14.9. The number of rotatable bonds is 5. The number of nitrogens with one attached hydrogen (secondary N) is 1. The number of halogens is 1. The third-order valence-corrected chi connectivity index (χ3v) is 3.72. The summed E-state index contributed by atoms with van der Waals surface area (Å²) in [5.41, 5.74) is 1.69. The third kappa shape index (κ3) is 2.83. The first-order valence-electron chi connectivity index (χ1n) is 6.33. The van der Waals surface area contributed by atoms with Crippen LogP contribution in [0.5, 0.6) is 0 Å². The molecule has 0 radical (unpaired) electrons. The molecule has 108 valence electrons. The minimum absolute atomic E-state index is 0.295. The Kier molecular flexibility index (Phi) is 4.72. The molecule has 0 aromatic carbocycles. The van der Waals surface area contributed by atoms with Gasteiger partial charge in [0.1, 0.15) is 11.5 Å². The van der Waals surface area contributed by atoms with Gasteiger partial charge in [0.15, 0.2) is 5.82 Å². The van der Waals surface area contributed by atoms with E-state index in [-0.39, 0.29) is 0 Å². The van der Waals surface area contributed by atoms with Crippen LogP contribution in [0.3, 0.4) is 0 Å². The van der Waals surface area contributed by atoms with E-state index in [1.54, 1.807) is 19.6 Å². The Hall–Kier alpha value is -1.47. The summed E-state index contributed by atoms with van der Waals surface area (Å²) in [7, 11) is 3.47. The normalized spacial score (nSPS) is 11.1. The standard InChI is InChI=1S/C13H18BrN5O/c1-8(2)19-7-16-5-10(19)12-17-9(6-20-4)11(14)13(15-3)18-12/h5,7-8H,6H2,1-4H3,(H,15,17,18). The van der Waals surface area contributed by atoms with Crippen LogP contribution in [-0.2, 0) is 11.3 Å². The molecule has 0 saturated heterocycles. The van der Waals surface area contributed by atoms with Crippen LogP contribution in [0.1, 0.15) is 25.6 Å². The van der Waals surface area contributed by atoms with Crippen molar-refractivity contribution in [1.29, 1.82) is 0 Å². The molecule has 0 aliphatic heterocycles. The van der Waals surface area contributed by atoms with Gasteiger partial charge in [0.25, 0.3) is 0 Å². The van der Waals surface area contributed by atoms with Crippen LogP contribution in [0.15, 0.2) is 17.0 Å². The number of imidazole rings is 1. The van der Waals surface area contributed by atoms with Gasteiger partial charge in [-0.05, 0) is 29.8 Å². The quantitative estimate of drug-likeness (QED) is 0.907. The van der Waals surface area contributed by atoms with Gasteiger partial charge in [-0.2, -0.15) is 0 Å². The second-order valence-corrected chi connectivity index (χ2v) is 5.41. The summed E-state index contributed by atoms with van der Waals surface area (Å²) in [6.07, 6.45) is 3.57. The van der Waals surface area contributed by atoms with Crippen LogP contribution < -0.4 is 5.32 Å². The van der Waals surface area contributed by atoms with E-state index in [1.165, 1.54) is 0 Å². The zero-order valence-corrected chi connectivity index (χ0v) is 13.6. The van der Waals surface area contributed by atoms with Gasteiger partial charge >= 0.3 is 0 Å². The van der Waals surface area contributed by atoms with Crippen LogP contribution in [0, 0.1) is 0 Å². The Morgan fingerprint density at radius 1 is 1.40 bits per heavy atom. The first-order chi connectivity index (χ1) is 9.58. The van der Waals surface area contributed by atoms with E-state index < -0.39 is 0 Å². The smallest absolute Gasteiger partial charge is 0.180 e. The number of anilines is 1. The summed E-state index contributed by atoms with van der Waals surface area (Å²) in [6.45, 7) is 4.61. The molecule has 2 rings (SSSR count). The van der Waals surface area contributed by atoms with Gasteiger partial charge in [-0.25, -0.2) is 15.0 Å². The molecule has 1 N–H and O–H groups in total. The van der Waals surface area contributed by atoms with Crippen molar-refractivity contribution in [2.24, 2.45) is 0 Å². The molecule has 0 unspecified atom stereocenters. The number of hydrogen-bond donors (Lipinski definition) is 1. The lowest BCUT2D eigenvalue weighted by Crippen LogP contribution is -2.08. The summed E-state index contributed by atoms with van der Waals surface area (Å²) in [6, 6.07) is 0.295. The second kappa shape index (κ2) is 6.32. The number of aromatic nitrogens is 4. The zero-order valence-electron chi connectivity index (χ0n) is 12.0. The average Bonchev–Trinajstić information content (AvgIpc) is 2.90. The van der Waals surface area contributed by atoms with Crippen LogP contribution >= 0.6 is 15.9 Å². The molecular formula is C13H18BrN5O. The predicted octanol–water partition coefficient (Wildman–Crippen LogP) is 2.87. The van der Waals surface area contributed by atoms with E-state index in [9.17, 15) is 0 Å². The van der Waals surface area contributed by atoms with Gasteiger partial charge in [0.05, 0.1) is 29.3 Å². The molecule has 6 nitrogen and oxygen atoms in total. The van der Waals surface area contributed by atoms with Crippen LogP contribution in [0.2, 0.25) is 0 Å². The highest BCUT2D eigenvalue weighted by molar-refractivity contribution is 9.10. The van der Waals surface area contributed by atoms with E-state index in [2.05, 4.69) is 50.0 Å². The maximum atomic E-state index is 5.19. The van der Waals surface area contributed by atoms with Crippen molar-refractivity contribution in [2.45, 2.75) is 26.5 Å². The Bertz CT molecular complexity index is 596. The SMILES string of the molecule is CNc1nc(-c2cncn2C(C)C)nc(COC)c1Br. The molecule has 7 heteroatoms. The minimum Gasteiger partial charge on any atom is -0.378 e. The highest BCUT2D eigenvalue weighted by Crippen LogP contribution is 2.28. The number of hydrogen-bond acceptors (Lipinski definition) is 5. The average molecular weight is 340 g/mol. The van der Waals surface area contributed by atoms with Crippen LogP contribution in [0.4, 0.5) is 5.82 Å². The molecule has 0 aliphatic rings. The highest BCUT2D eigenvalue weighted by atomic mass is 79.9. The fourth-order valence-electron chi connectivity index (χ4n) is 1.90. The van der Waals surface area contributed by atoms with Gasteiger partial charge in [0, 0.05) is 20.2 Å². The maximum absolute atomic E-state index is 5.19. The maximum Gasteiger partial charge on any atom is 0.180 e. The summed E-state index contributed by atoms with van der Waals surface area (Å²) in [4.78, 5) is 13.3.